The maximum absolute atomic E-state index is 3.48. The van der Waals surface area contributed by atoms with Crippen molar-refractivity contribution in [3.63, 3.8) is 0 Å². The number of hydrogen-bond donors (Lipinski definition) is 1. The summed E-state index contributed by atoms with van der Waals surface area (Å²) >= 11 is 0. The minimum atomic E-state index is 0.804. The van der Waals surface area contributed by atoms with Crippen LogP contribution < -0.4 is 10.2 Å². The highest BCUT2D eigenvalue weighted by atomic mass is 15.2. The number of hydrogen-bond acceptors (Lipinski definition) is 2. The van der Waals surface area contributed by atoms with Crippen molar-refractivity contribution in [1.82, 2.24) is 5.32 Å². The van der Waals surface area contributed by atoms with Gasteiger partial charge in [-0.2, -0.15) is 0 Å². The zero-order valence-corrected chi connectivity index (χ0v) is 13.6. The van der Waals surface area contributed by atoms with Crippen molar-refractivity contribution in [2.45, 2.75) is 47.1 Å². The smallest absolute Gasteiger partial charge is 0.0396 e. The lowest BCUT2D eigenvalue weighted by Gasteiger charge is -2.22. The quantitative estimate of drug-likeness (QED) is 0.789. The Bertz CT molecular complexity index is 425. The molecule has 1 aromatic rings. The number of anilines is 1. The molecule has 1 heterocycles. The topological polar surface area (TPSA) is 15.3 Å². The fraction of sp³-hybridized carbons (Fsp3) is 0.667. The SMILES string of the molecule is CCCNCc1ccc(N2CCC(C(C)C)C2)c(C)c1. The van der Waals surface area contributed by atoms with Crippen LogP contribution in [0.5, 0.6) is 0 Å². The summed E-state index contributed by atoms with van der Waals surface area (Å²) in [6.07, 6.45) is 2.54. The maximum Gasteiger partial charge on any atom is 0.0396 e. The molecule has 0 bridgehead atoms. The van der Waals surface area contributed by atoms with Gasteiger partial charge in [-0.15, -0.1) is 0 Å². The van der Waals surface area contributed by atoms with Gasteiger partial charge >= 0.3 is 0 Å². The van der Waals surface area contributed by atoms with Crippen molar-refractivity contribution < 1.29 is 0 Å². The Kier molecular flexibility index (Phi) is 5.47. The molecule has 0 radical (unpaired) electrons. The molecule has 20 heavy (non-hydrogen) atoms. The lowest BCUT2D eigenvalue weighted by atomic mass is 9.95. The second-order valence-electron chi connectivity index (χ2n) is 6.54. The molecule has 1 aliphatic rings. The lowest BCUT2D eigenvalue weighted by molar-refractivity contribution is 0.422. The second kappa shape index (κ2) is 7.12. The Morgan fingerprint density at radius 2 is 2.15 bits per heavy atom. The fourth-order valence-corrected chi connectivity index (χ4v) is 3.14. The van der Waals surface area contributed by atoms with Gasteiger partial charge in [0.15, 0.2) is 0 Å². The van der Waals surface area contributed by atoms with Crippen molar-refractivity contribution in [1.29, 1.82) is 0 Å². The van der Waals surface area contributed by atoms with E-state index in [-0.39, 0.29) is 0 Å². The van der Waals surface area contributed by atoms with Gasteiger partial charge in [-0.1, -0.05) is 32.9 Å². The van der Waals surface area contributed by atoms with Gasteiger partial charge in [0.25, 0.3) is 0 Å². The van der Waals surface area contributed by atoms with Crippen LogP contribution in [-0.2, 0) is 6.54 Å². The molecule has 1 unspecified atom stereocenters. The Balaban J connectivity index is 1.99. The molecule has 1 aliphatic heterocycles. The van der Waals surface area contributed by atoms with Crippen molar-refractivity contribution in [3.8, 4) is 0 Å². The Labute approximate surface area is 124 Å². The van der Waals surface area contributed by atoms with Crippen LogP contribution in [0.25, 0.3) is 0 Å². The number of rotatable bonds is 6. The van der Waals surface area contributed by atoms with Crippen LogP contribution in [0.4, 0.5) is 5.69 Å². The summed E-state index contributed by atoms with van der Waals surface area (Å²) < 4.78 is 0. The summed E-state index contributed by atoms with van der Waals surface area (Å²) in [6, 6.07) is 6.95. The normalized spacial score (nSPS) is 19.1. The third kappa shape index (κ3) is 3.76. The highest BCUT2D eigenvalue weighted by Gasteiger charge is 2.25. The van der Waals surface area contributed by atoms with Crippen LogP contribution >= 0.6 is 0 Å². The van der Waals surface area contributed by atoms with Gasteiger partial charge in [0.1, 0.15) is 0 Å². The van der Waals surface area contributed by atoms with Crippen molar-refractivity contribution in [2.24, 2.45) is 11.8 Å². The van der Waals surface area contributed by atoms with Gasteiger partial charge in [0, 0.05) is 25.3 Å². The van der Waals surface area contributed by atoms with E-state index in [1.807, 2.05) is 0 Å². The number of nitrogens with zero attached hydrogens (tertiary/aromatic N) is 1. The molecular weight excluding hydrogens is 244 g/mol. The summed E-state index contributed by atoms with van der Waals surface area (Å²) in [7, 11) is 0. The van der Waals surface area contributed by atoms with Gasteiger partial charge in [-0.25, -0.2) is 0 Å². The molecule has 0 amide bonds. The molecule has 0 aliphatic carbocycles. The average molecular weight is 274 g/mol. The van der Waals surface area contributed by atoms with Crippen molar-refractivity contribution >= 4 is 5.69 Å². The Morgan fingerprint density at radius 3 is 2.75 bits per heavy atom. The van der Waals surface area contributed by atoms with E-state index in [1.54, 1.807) is 0 Å². The molecule has 1 aromatic carbocycles. The van der Waals surface area contributed by atoms with Crippen LogP contribution in [-0.4, -0.2) is 19.6 Å². The predicted octanol–water partition coefficient (Wildman–Crippen LogP) is 3.98. The standard InChI is InChI=1S/C18H30N2/c1-5-9-19-12-16-6-7-18(15(4)11-16)20-10-8-17(13-20)14(2)3/h6-7,11,14,17,19H,5,8-10,12-13H2,1-4H3. The van der Waals surface area contributed by atoms with Crippen LogP contribution in [0.3, 0.4) is 0 Å². The molecule has 2 heteroatoms. The van der Waals surface area contributed by atoms with E-state index in [1.165, 1.54) is 42.7 Å². The molecular formula is C18H30N2. The van der Waals surface area contributed by atoms with Gasteiger partial charge in [-0.05, 0) is 55.3 Å². The van der Waals surface area contributed by atoms with E-state index in [0.29, 0.717) is 0 Å². The van der Waals surface area contributed by atoms with Crippen molar-refractivity contribution in [2.75, 3.05) is 24.5 Å². The van der Waals surface area contributed by atoms with E-state index >= 15 is 0 Å². The van der Waals surface area contributed by atoms with Crippen LogP contribution in [0.15, 0.2) is 18.2 Å². The van der Waals surface area contributed by atoms with Crippen LogP contribution in [0.2, 0.25) is 0 Å². The third-order valence-electron chi connectivity index (χ3n) is 4.53. The van der Waals surface area contributed by atoms with E-state index in [9.17, 15) is 0 Å². The maximum atomic E-state index is 3.48. The summed E-state index contributed by atoms with van der Waals surface area (Å²) in [5.74, 6) is 1.66. The molecule has 1 saturated heterocycles. The first kappa shape index (κ1) is 15.4. The third-order valence-corrected chi connectivity index (χ3v) is 4.53. The summed E-state index contributed by atoms with van der Waals surface area (Å²) in [5.41, 5.74) is 4.26. The van der Waals surface area contributed by atoms with Crippen LogP contribution in [0.1, 0.15) is 44.7 Å². The van der Waals surface area contributed by atoms with Gasteiger partial charge in [-0.3, -0.25) is 0 Å². The van der Waals surface area contributed by atoms with Crippen LogP contribution in [0, 0.1) is 18.8 Å². The fourth-order valence-electron chi connectivity index (χ4n) is 3.14. The van der Waals surface area contributed by atoms with Gasteiger partial charge in [0.2, 0.25) is 0 Å². The average Bonchev–Trinajstić information content (AvgIpc) is 2.89. The molecule has 2 nitrogen and oxygen atoms in total. The lowest BCUT2D eigenvalue weighted by Crippen LogP contribution is -2.22. The minimum absolute atomic E-state index is 0.804. The number of nitrogens with one attached hydrogen (secondary N) is 1. The first-order chi connectivity index (χ1) is 9.61. The summed E-state index contributed by atoms with van der Waals surface area (Å²) in [5, 5.41) is 3.48. The highest BCUT2D eigenvalue weighted by Crippen LogP contribution is 2.30. The first-order valence-electron chi connectivity index (χ1n) is 8.17. The molecule has 2 rings (SSSR count). The molecule has 1 N–H and O–H groups in total. The monoisotopic (exact) mass is 274 g/mol. The van der Waals surface area contributed by atoms with E-state index in [4.69, 9.17) is 0 Å². The van der Waals surface area contributed by atoms with E-state index in [0.717, 1.165) is 24.9 Å². The zero-order valence-electron chi connectivity index (χ0n) is 13.6. The van der Waals surface area contributed by atoms with Gasteiger partial charge < -0.3 is 10.2 Å². The summed E-state index contributed by atoms with van der Waals surface area (Å²) in [6.45, 7) is 13.7. The molecule has 1 fully saturated rings. The molecule has 1 atom stereocenters. The Morgan fingerprint density at radius 1 is 1.35 bits per heavy atom. The van der Waals surface area contributed by atoms with E-state index in [2.05, 4.69) is 56.1 Å². The largest absolute Gasteiger partial charge is 0.371 e. The minimum Gasteiger partial charge on any atom is -0.371 e. The molecule has 112 valence electrons. The zero-order chi connectivity index (χ0) is 14.5. The first-order valence-corrected chi connectivity index (χ1v) is 8.17. The second-order valence-corrected chi connectivity index (χ2v) is 6.54. The molecule has 0 aromatic heterocycles. The van der Waals surface area contributed by atoms with Gasteiger partial charge in [0.05, 0.1) is 0 Å². The highest BCUT2D eigenvalue weighted by molar-refractivity contribution is 5.55. The van der Waals surface area contributed by atoms with Crippen molar-refractivity contribution in [3.05, 3.63) is 29.3 Å². The Hall–Kier alpha value is -1.02. The predicted molar refractivity (Wildman–Crippen MR) is 88.3 cm³/mol. The van der Waals surface area contributed by atoms with E-state index < -0.39 is 0 Å². The molecule has 0 saturated carbocycles. The number of aryl methyl sites for hydroxylation is 1. The molecule has 0 spiro atoms. The number of benzene rings is 1. The summed E-state index contributed by atoms with van der Waals surface area (Å²) in [4.78, 5) is 2.57.